The molecule has 33 heavy (non-hydrogen) atoms. The summed E-state index contributed by atoms with van der Waals surface area (Å²) in [7, 11) is -3.77. The Morgan fingerprint density at radius 2 is 1.64 bits per heavy atom. The molecule has 1 amide bonds. The number of nitrogens with one attached hydrogen (secondary N) is 1. The average molecular weight is 470 g/mol. The number of carbonyl (C=O) groups excluding carboxylic acids is 1. The highest BCUT2D eigenvalue weighted by molar-refractivity contribution is 7.89. The van der Waals surface area contributed by atoms with Crippen molar-refractivity contribution < 1.29 is 22.7 Å². The van der Waals surface area contributed by atoms with E-state index in [0.29, 0.717) is 30.2 Å². The summed E-state index contributed by atoms with van der Waals surface area (Å²) in [5, 5.41) is 0.760. The Morgan fingerprint density at radius 1 is 0.909 bits per heavy atom. The van der Waals surface area contributed by atoms with Crippen molar-refractivity contribution in [1.29, 1.82) is 0 Å². The zero-order valence-corrected chi connectivity index (χ0v) is 18.6. The van der Waals surface area contributed by atoms with Crippen LogP contribution in [0.2, 0.25) is 0 Å². The van der Waals surface area contributed by atoms with Gasteiger partial charge in [-0.1, -0.05) is 18.2 Å². The number of para-hydroxylation sites is 1. The smallest absolute Gasteiger partial charge is 0.261 e. The lowest BCUT2D eigenvalue weighted by atomic mass is 10.1. The number of sulfonamides is 1. The number of amides is 1. The topological polar surface area (TPSA) is 109 Å². The van der Waals surface area contributed by atoms with Crippen molar-refractivity contribution in [2.24, 2.45) is 0 Å². The zero-order valence-electron chi connectivity index (χ0n) is 17.8. The van der Waals surface area contributed by atoms with Crippen LogP contribution in [-0.2, 0) is 10.0 Å². The lowest BCUT2D eigenvalue weighted by Crippen LogP contribution is -2.51. The second-order valence-electron chi connectivity index (χ2n) is 7.95. The molecule has 0 aliphatic carbocycles. The first-order valence-corrected chi connectivity index (χ1v) is 12.2. The van der Waals surface area contributed by atoms with Crippen molar-refractivity contribution in [3.8, 4) is 11.5 Å². The second-order valence-corrected chi connectivity index (χ2v) is 9.89. The Morgan fingerprint density at radius 3 is 2.42 bits per heavy atom. The summed E-state index contributed by atoms with van der Waals surface area (Å²) < 4.78 is 38.9. The van der Waals surface area contributed by atoms with E-state index in [2.05, 4.69) is 4.98 Å². The largest absolute Gasteiger partial charge is 0.490 e. The first-order valence-electron chi connectivity index (χ1n) is 10.7. The molecule has 1 N–H and O–H groups in total. The molecule has 2 aliphatic rings. The van der Waals surface area contributed by atoms with Gasteiger partial charge in [0.1, 0.15) is 5.56 Å². The van der Waals surface area contributed by atoms with Gasteiger partial charge in [0.15, 0.2) is 11.5 Å². The Bertz CT molecular complexity index is 1380. The van der Waals surface area contributed by atoms with E-state index >= 15 is 0 Å². The van der Waals surface area contributed by atoms with Crippen molar-refractivity contribution in [3.63, 3.8) is 0 Å². The van der Waals surface area contributed by atoms with Gasteiger partial charge in [-0.3, -0.25) is 9.59 Å². The Kier molecular flexibility index (Phi) is 5.55. The first-order chi connectivity index (χ1) is 15.9. The highest BCUT2D eigenvalue weighted by atomic mass is 32.2. The van der Waals surface area contributed by atoms with Crippen LogP contribution in [0.15, 0.2) is 58.2 Å². The molecule has 3 aromatic rings. The summed E-state index contributed by atoms with van der Waals surface area (Å²) in [5.41, 5.74) is 0.249. The SMILES string of the molecule is O=C(c1cc2ccccc2[nH]c1=O)N1CCN(S(=O)(=O)c2ccc3c(c2)OCCCO3)CC1. The fourth-order valence-corrected chi connectivity index (χ4v) is 5.50. The van der Waals surface area contributed by atoms with Crippen LogP contribution in [0, 0.1) is 0 Å². The van der Waals surface area contributed by atoms with Crippen molar-refractivity contribution in [1.82, 2.24) is 14.2 Å². The van der Waals surface area contributed by atoms with Crippen LogP contribution < -0.4 is 15.0 Å². The summed E-state index contributed by atoms with van der Waals surface area (Å²) in [6, 6.07) is 13.4. The maximum absolute atomic E-state index is 13.2. The van der Waals surface area contributed by atoms with Crippen LogP contribution in [-0.4, -0.2) is 67.9 Å². The zero-order chi connectivity index (χ0) is 23.0. The number of carbonyl (C=O) groups is 1. The predicted octanol–water partition coefficient (Wildman–Crippen LogP) is 1.84. The van der Waals surface area contributed by atoms with E-state index in [1.807, 2.05) is 18.2 Å². The maximum atomic E-state index is 13.2. The first kappa shape index (κ1) is 21.5. The molecular weight excluding hydrogens is 446 g/mol. The molecule has 0 radical (unpaired) electrons. The summed E-state index contributed by atoms with van der Waals surface area (Å²) in [6.45, 7) is 1.63. The van der Waals surface area contributed by atoms with Crippen LogP contribution in [0.4, 0.5) is 0 Å². The van der Waals surface area contributed by atoms with Gasteiger partial charge in [-0.2, -0.15) is 4.31 Å². The third-order valence-electron chi connectivity index (χ3n) is 5.87. The molecule has 0 saturated carbocycles. The van der Waals surface area contributed by atoms with E-state index in [1.54, 1.807) is 18.2 Å². The van der Waals surface area contributed by atoms with Gasteiger partial charge in [-0.15, -0.1) is 0 Å². The minimum absolute atomic E-state index is 0.0490. The molecule has 2 aliphatic heterocycles. The number of aromatic nitrogens is 1. The van der Waals surface area contributed by atoms with Crippen LogP contribution >= 0.6 is 0 Å². The molecule has 172 valence electrons. The average Bonchev–Trinajstić information content (AvgIpc) is 3.08. The predicted molar refractivity (Wildman–Crippen MR) is 121 cm³/mol. The summed E-state index contributed by atoms with van der Waals surface area (Å²) in [5.74, 6) is 0.537. The second kappa shape index (κ2) is 8.53. The van der Waals surface area contributed by atoms with Crippen molar-refractivity contribution in [3.05, 3.63) is 64.4 Å². The van der Waals surface area contributed by atoms with E-state index in [0.717, 1.165) is 11.8 Å². The summed E-state index contributed by atoms with van der Waals surface area (Å²) >= 11 is 0. The standard InChI is InChI=1S/C23H23N3O6S/c27-22-18(14-16-4-1-2-5-19(16)24-22)23(28)25-8-10-26(11-9-25)33(29,30)17-6-7-20-21(15-17)32-13-3-12-31-20/h1-2,4-7,14-15H,3,8-13H2,(H,24,27). The van der Waals surface area contributed by atoms with Gasteiger partial charge in [-0.05, 0) is 29.7 Å². The number of pyridine rings is 1. The normalized spacial score (nSPS) is 17.0. The fraction of sp³-hybridized carbons (Fsp3) is 0.304. The summed E-state index contributed by atoms with van der Waals surface area (Å²) in [4.78, 5) is 29.8. The molecule has 0 atom stereocenters. The van der Waals surface area contributed by atoms with E-state index in [4.69, 9.17) is 9.47 Å². The molecule has 2 aromatic carbocycles. The van der Waals surface area contributed by atoms with Crippen LogP contribution in [0.5, 0.6) is 11.5 Å². The minimum Gasteiger partial charge on any atom is -0.490 e. The van der Waals surface area contributed by atoms with E-state index in [9.17, 15) is 18.0 Å². The molecule has 5 rings (SSSR count). The minimum atomic E-state index is -3.77. The van der Waals surface area contributed by atoms with E-state index < -0.39 is 21.5 Å². The number of nitrogens with zero attached hydrogens (tertiary/aromatic N) is 2. The number of ether oxygens (including phenoxy) is 2. The van der Waals surface area contributed by atoms with Gasteiger partial charge in [0, 0.05) is 44.2 Å². The van der Waals surface area contributed by atoms with E-state index in [1.165, 1.54) is 21.3 Å². The molecule has 10 heteroatoms. The van der Waals surface area contributed by atoms with Gasteiger partial charge in [0.25, 0.3) is 11.5 Å². The lowest BCUT2D eigenvalue weighted by Gasteiger charge is -2.34. The highest BCUT2D eigenvalue weighted by Gasteiger charge is 2.32. The molecular formula is C23H23N3O6S. The van der Waals surface area contributed by atoms with Crippen molar-refractivity contribution in [2.75, 3.05) is 39.4 Å². The van der Waals surface area contributed by atoms with Gasteiger partial charge < -0.3 is 19.4 Å². The molecule has 0 unspecified atom stereocenters. The monoisotopic (exact) mass is 469 g/mol. The lowest BCUT2D eigenvalue weighted by molar-refractivity contribution is 0.0696. The van der Waals surface area contributed by atoms with Gasteiger partial charge in [0.05, 0.1) is 18.1 Å². The molecule has 1 aromatic heterocycles. The third-order valence-corrected chi connectivity index (χ3v) is 7.76. The van der Waals surface area contributed by atoms with E-state index in [-0.39, 0.29) is 36.6 Å². The number of aromatic amines is 1. The maximum Gasteiger partial charge on any atom is 0.261 e. The Hall–Kier alpha value is -3.37. The number of fused-ring (bicyclic) bond motifs is 2. The Balaban J connectivity index is 1.32. The van der Waals surface area contributed by atoms with Gasteiger partial charge >= 0.3 is 0 Å². The number of H-pyrrole nitrogens is 1. The van der Waals surface area contributed by atoms with Gasteiger partial charge in [0.2, 0.25) is 10.0 Å². The third kappa shape index (κ3) is 4.07. The fourth-order valence-electron chi connectivity index (χ4n) is 4.06. The highest BCUT2D eigenvalue weighted by Crippen LogP contribution is 2.33. The van der Waals surface area contributed by atoms with Crippen molar-refractivity contribution >= 4 is 26.8 Å². The van der Waals surface area contributed by atoms with Crippen molar-refractivity contribution in [2.45, 2.75) is 11.3 Å². The quantitative estimate of drug-likeness (QED) is 0.627. The van der Waals surface area contributed by atoms with Crippen LogP contribution in [0.3, 0.4) is 0 Å². The number of hydrogen-bond acceptors (Lipinski definition) is 6. The van der Waals surface area contributed by atoms with Crippen LogP contribution in [0.25, 0.3) is 10.9 Å². The Labute approximate surface area is 190 Å². The molecule has 9 nitrogen and oxygen atoms in total. The van der Waals surface area contributed by atoms with Gasteiger partial charge in [-0.25, -0.2) is 8.42 Å². The molecule has 1 fully saturated rings. The number of benzene rings is 2. The molecule has 0 bridgehead atoms. The molecule has 3 heterocycles. The van der Waals surface area contributed by atoms with Crippen LogP contribution in [0.1, 0.15) is 16.8 Å². The molecule has 0 spiro atoms. The molecule has 1 saturated heterocycles. The summed E-state index contributed by atoms with van der Waals surface area (Å²) in [6.07, 6.45) is 0.729. The number of rotatable bonds is 3. The number of piperazine rings is 1. The number of hydrogen-bond donors (Lipinski definition) is 1.